The first-order valence-electron chi connectivity index (χ1n) is 6.34. The van der Waals surface area contributed by atoms with Gasteiger partial charge in [-0.3, -0.25) is 4.79 Å². The van der Waals surface area contributed by atoms with E-state index in [2.05, 4.69) is 21.2 Å². The summed E-state index contributed by atoms with van der Waals surface area (Å²) in [5.41, 5.74) is 0.894. The summed E-state index contributed by atoms with van der Waals surface area (Å²) in [6, 6.07) is 4.15. The van der Waals surface area contributed by atoms with Crippen molar-refractivity contribution in [2.75, 3.05) is 6.54 Å². The van der Waals surface area contributed by atoms with Gasteiger partial charge < -0.3 is 5.32 Å². The molecule has 0 aromatic heterocycles. The topological polar surface area (TPSA) is 29.1 Å². The highest BCUT2D eigenvalue weighted by atomic mass is 79.9. The van der Waals surface area contributed by atoms with Crippen molar-refractivity contribution >= 4 is 21.8 Å². The van der Waals surface area contributed by atoms with Crippen LogP contribution in [0.2, 0.25) is 0 Å². The Labute approximate surface area is 114 Å². The predicted molar refractivity (Wildman–Crippen MR) is 70.8 cm³/mol. The number of amides is 1. The van der Waals surface area contributed by atoms with E-state index in [4.69, 9.17) is 0 Å². The largest absolute Gasteiger partial charge is 0.351 e. The highest BCUT2D eigenvalue weighted by molar-refractivity contribution is 9.10. The molecule has 96 valence electrons. The first kappa shape index (κ1) is 12.2. The molecule has 2 nitrogen and oxygen atoms in total. The summed E-state index contributed by atoms with van der Waals surface area (Å²) >= 11 is 3.22. The van der Waals surface area contributed by atoms with Crippen LogP contribution in [0.5, 0.6) is 0 Å². The number of hydrogen-bond donors (Lipinski definition) is 1. The smallest absolute Gasteiger partial charge is 0.252 e. The zero-order valence-corrected chi connectivity index (χ0v) is 11.6. The van der Waals surface area contributed by atoms with Crippen LogP contribution < -0.4 is 5.32 Å². The van der Waals surface area contributed by atoms with Crippen molar-refractivity contribution in [1.82, 2.24) is 5.32 Å². The van der Waals surface area contributed by atoms with Gasteiger partial charge in [0.2, 0.25) is 0 Å². The first-order valence-corrected chi connectivity index (χ1v) is 7.13. The third-order valence-corrected chi connectivity index (χ3v) is 4.77. The lowest BCUT2D eigenvalue weighted by Crippen LogP contribution is -2.31. The second kappa shape index (κ2) is 4.34. The monoisotopic (exact) mass is 311 g/mol. The van der Waals surface area contributed by atoms with E-state index in [1.165, 1.54) is 43.9 Å². The molecule has 18 heavy (non-hydrogen) atoms. The molecule has 1 aromatic carbocycles. The molecule has 4 heteroatoms. The molecule has 0 saturated heterocycles. The summed E-state index contributed by atoms with van der Waals surface area (Å²) in [4.78, 5) is 12.0. The number of rotatable bonds is 4. The van der Waals surface area contributed by atoms with Crippen LogP contribution in [0.4, 0.5) is 4.39 Å². The van der Waals surface area contributed by atoms with Crippen LogP contribution >= 0.6 is 15.9 Å². The maximum Gasteiger partial charge on any atom is 0.252 e. The van der Waals surface area contributed by atoms with Gasteiger partial charge in [0.05, 0.1) is 5.56 Å². The molecule has 2 aliphatic rings. The van der Waals surface area contributed by atoms with Crippen molar-refractivity contribution in [1.29, 1.82) is 0 Å². The Bertz CT molecular complexity index is 495. The van der Waals surface area contributed by atoms with Gasteiger partial charge in [-0.15, -0.1) is 0 Å². The summed E-state index contributed by atoms with van der Waals surface area (Å²) in [7, 11) is 0. The zero-order valence-electron chi connectivity index (χ0n) is 10.0. The van der Waals surface area contributed by atoms with E-state index < -0.39 is 0 Å². The molecule has 2 saturated carbocycles. The lowest BCUT2D eigenvalue weighted by molar-refractivity contribution is 0.0942. The molecule has 0 spiro atoms. The minimum absolute atomic E-state index is 0.117. The Morgan fingerprint density at radius 3 is 2.72 bits per heavy atom. The summed E-state index contributed by atoms with van der Waals surface area (Å²) in [6.07, 6.45) is 5.11. The van der Waals surface area contributed by atoms with Crippen molar-refractivity contribution in [3.63, 3.8) is 0 Å². The molecule has 3 rings (SSSR count). The summed E-state index contributed by atoms with van der Waals surface area (Å²) in [6.45, 7) is 0.764. The third-order valence-electron chi connectivity index (χ3n) is 4.11. The lowest BCUT2D eigenvalue weighted by Gasteiger charge is -2.15. The number of carbonyl (C=O) groups is 1. The SMILES string of the molecule is O=C(NCC1(C2CC2)CC1)c1ccc(F)cc1Br. The first-order chi connectivity index (χ1) is 8.61. The van der Waals surface area contributed by atoms with Gasteiger partial charge in [0.1, 0.15) is 5.82 Å². The Kier molecular flexibility index (Phi) is 2.93. The fraction of sp³-hybridized carbons (Fsp3) is 0.500. The van der Waals surface area contributed by atoms with Crippen LogP contribution in [0.15, 0.2) is 22.7 Å². The Morgan fingerprint density at radius 1 is 1.44 bits per heavy atom. The highest BCUT2D eigenvalue weighted by Gasteiger charge is 2.53. The van der Waals surface area contributed by atoms with E-state index >= 15 is 0 Å². The van der Waals surface area contributed by atoms with Crippen molar-refractivity contribution in [2.45, 2.75) is 25.7 Å². The van der Waals surface area contributed by atoms with E-state index in [1.54, 1.807) is 0 Å². The van der Waals surface area contributed by atoms with Crippen LogP contribution in [0.3, 0.4) is 0 Å². The summed E-state index contributed by atoms with van der Waals surface area (Å²) in [5, 5.41) is 2.99. The zero-order chi connectivity index (χ0) is 12.8. The molecule has 0 bridgehead atoms. The molecule has 0 radical (unpaired) electrons. The molecular weight excluding hydrogens is 297 g/mol. The van der Waals surface area contributed by atoms with Gasteiger partial charge in [0.15, 0.2) is 0 Å². The van der Waals surface area contributed by atoms with Crippen molar-refractivity contribution in [2.24, 2.45) is 11.3 Å². The highest BCUT2D eigenvalue weighted by Crippen LogP contribution is 2.60. The van der Waals surface area contributed by atoms with Gasteiger partial charge in [-0.05, 0) is 71.1 Å². The van der Waals surface area contributed by atoms with Crippen LogP contribution in [-0.2, 0) is 0 Å². The molecule has 0 unspecified atom stereocenters. The van der Waals surface area contributed by atoms with E-state index in [1.807, 2.05) is 0 Å². The van der Waals surface area contributed by atoms with Crippen LogP contribution in [-0.4, -0.2) is 12.5 Å². The Morgan fingerprint density at radius 2 is 2.17 bits per heavy atom. The number of hydrogen-bond acceptors (Lipinski definition) is 1. The molecule has 2 aliphatic carbocycles. The minimum atomic E-state index is -0.338. The van der Waals surface area contributed by atoms with Crippen molar-refractivity contribution < 1.29 is 9.18 Å². The number of benzene rings is 1. The van der Waals surface area contributed by atoms with E-state index in [9.17, 15) is 9.18 Å². The van der Waals surface area contributed by atoms with Crippen LogP contribution in [0.25, 0.3) is 0 Å². The fourth-order valence-electron chi connectivity index (χ4n) is 2.61. The predicted octanol–water partition coefficient (Wildman–Crippen LogP) is 3.51. The van der Waals surface area contributed by atoms with E-state index in [0.29, 0.717) is 15.5 Å². The van der Waals surface area contributed by atoms with Crippen molar-refractivity contribution in [3.05, 3.63) is 34.1 Å². The number of nitrogens with one attached hydrogen (secondary N) is 1. The molecule has 0 heterocycles. The van der Waals surface area contributed by atoms with Gasteiger partial charge in [-0.2, -0.15) is 0 Å². The van der Waals surface area contributed by atoms with Crippen LogP contribution in [0, 0.1) is 17.2 Å². The molecule has 1 aromatic rings. The summed E-state index contributed by atoms with van der Waals surface area (Å²) in [5.74, 6) is 0.373. The lowest BCUT2D eigenvalue weighted by atomic mass is 10.0. The van der Waals surface area contributed by atoms with E-state index in [0.717, 1.165) is 12.5 Å². The Hall–Kier alpha value is -0.900. The molecular formula is C14H15BrFNO. The average Bonchev–Trinajstić information content (AvgIpc) is 3.17. The molecule has 1 amide bonds. The Balaban J connectivity index is 1.64. The molecule has 0 aliphatic heterocycles. The van der Waals surface area contributed by atoms with Crippen molar-refractivity contribution in [3.8, 4) is 0 Å². The standard InChI is InChI=1S/C14H15BrFNO/c15-12-7-10(16)3-4-11(12)13(18)17-8-14(5-6-14)9-1-2-9/h3-4,7,9H,1-2,5-6,8H2,(H,17,18). The van der Waals surface area contributed by atoms with E-state index in [-0.39, 0.29) is 11.7 Å². The second-order valence-electron chi connectivity index (χ2n) is 5.44. The molecule has 1 N–H and O–H groups in total. The average molecular weight is 312 g/mol. The minimum Gasteiger partial charge on any atom is -0.351 e. The quantitative estimate of drug-likeness (QED) is 0.906. The summed E-state index contributed by atoms with van der Waals surface area (Å²) < 4.78 is 13.5. The normalized spacial score (nSPS) is 20.6. The second-order valence-corrected chi connectivity index (χ2v) is 6.30. The van der Waals surface area contributed by atoms with Gasteiger partial charge in [-0.25, -0.2) is 4.39 Å². The molecule has 2 fully saturated rings. The van der Waals surface area contributed by atoms with Gasteiger partial charge in [0, 0.05) is 11.0 Å². The fourth-order valence-corrected chi connectivity index (χ4v) is 3.14. The van der Waals surface area contributed by atoms with Gasteiger partial charge in [0.25, 0.3) is 5.91 Å². The number of carbonyl (C=O) groups excluding carboxylic acids is 1. The van der Waals surface area contributed by atoms with Gasteiger partial charge in [-0.1, -0.05) is 0 Å². The van der Waals surface area contributed by atoms with Crippen LogP contribution in [0.1, 0.15) is 36.0 Å². The molecule has 0 atom stereocenters. The van der Waals surface area contributed by atoms with Gasteiger partial charge >= 0.3 is 0 Å². The maximum absolute atomic E-state index is 12.9. The third kappa shape index (κ3) is 2.30. The number of halogens is 2. The maximum atomic E-state index is 12.9.